The quantitative estimate of drug-likeness (QED) is 0.544. The molecule has 0 bridgehead atoms. The predicted molar refractivity (Wildman–Crippen MR) is 41.7 cm³/mol. The van der Waals surface area contributed by atoms with E-state index in [-0.39, 0.29) is 0 Å². The molecule has 0 heterocycles. The summed E-state index contributed by atoms with van der Waals surface area (Å²) >= 11 is 2.35. The zero-order valence-corrected chi connectivity index (χ0v) is 7.03. The minimum atomic E-state index is 0.348. The highest BCUT2D eigenvalue weighted by Crippen LogP contribution is 2.14. The second-order valence-electron chi connectivity index (χ2n) is 2.50. The molecule has 0 spiro atoms. The molecule has 0 saturated carbocycles. The minimum Gasteiger partial charge on any atom is -0.330 e. The fraction of sp³-hybridized carbons (Fsp3) is 1.00. The number of rotatable bonds is 2. The fourth-order valence-electron chi connectivity index (χ4n) is 0.0546. The molecule has 0 amide bonds. The van der Waals surface area contributed by atoms with Crippen molar-refractivity contribution in [2.45, 2.75) is 13.8 Å². The van der Waals surface area contributed by atoms with Gasteiger partial charge in [0.2, 0.25) is 0 Å². The average molecular weight is 213 g/mol. The lowest BCUT2D eigenvalue weighted by atomic mass is 9.98. The Morgan fingerprint density at radius 1 is 1.57 bits per heavy atom. The van der Waals surface area contributed by atoms with Crippen molar-refractivity contribution in [1.29, 1.82) is 0 Å². The highest BCUT2D eigenvalue weighted by atomic mass is 127. The zero-order valence-electron chi connectivity index (χ0n) is 4.87. The van der Waals surface area contributed by atoms with E-state index in [0.29, 0.717) is 5.41 Å². The molecule has 0 rings (SSSR count). The lowest BCUT2D eigenvalue weighted by Gasteiger charge is -2.17. The van der Waals surface area contributed by atoms with Crippen molar-refractivity contribution < 1.29 is 0 Å². The first-order valence-corrected chi connectivity index (χ1v) is 3.91. The van der Waals surface area contributed by atoms with E-state index in [2.05, 4.69) is 36.4 Å². The van der Waals surface area contributed by atoms with Crippen LogP contribution < -0.4 is 5.73 Å². The van der Waals surface area contributed by atoms with Gasteiger partial charge in [-0.1, -0.05) is 36.4 Å². The highest BCUT2D eigenvalue weighted by molar-refractivity contribution is 14.1. The molecular weight excluding hydrogens is 201 g/mol. The van der Waals surface area contributed by atoms with Crippen LogP contribution in [0.2, 0.25) is 0 Å². The number of alkyl halides is 1. The van der Waals surface area contributed by atoms with Gasteiger partial charge in [-0.05, 0) is 12.0 Å². The number of hydrogen-bond acceptors (Lipinski definition) is 1. The van der Waals surface area contributed by atoms with Crippen LogP contribution in [-0.4, -0.2) is 11.0 Å². The summed E-state index contributed by atoms with van der Waals surface area (Å²) in [5.74, 6) is 0. The molecule has 1 nitrogen and oxygen atoms in total. The van der Waals surface area contributed by atoms with Crippen LogP contribution in [0.1, 0.15) is 13.8 Å². The molecule has 0 fully saturated rings. The molecule has 7 heavy (non-hydrogen) atoms. The van der Waals surface area contributed by atoms with Gasteiger partial charge in [-0.25, -0.2) is 0 Å². The van der Waals surface area contributed by atoms with Crippen molar-refractivity contribution in [2.75, 3.05) is 11.0 Å². The summed E-state index contributed by atoms with van der Waals surface area (Å²) in [5.41, 5.74) is 5.76. The van der Waals surface area contributed by atoms with Crippen molar-refractivity contribution in [3.8, 4) is 0 Å². The van der Waals surface area contributed by atoms with E-state index in [0.717, 1.165) is 11.0 Å². The molecule has 0 aliphatic rings. The van der Waals surface area contributed by atoms with Crippen LogP contribution in [0.25, 0.3) is 0 Å². The second kappa shape index (κ2) is 2.87. The molecule has 44 valence electrons. The molecule has 2 N–H and O–H groups in total. The first-order chi connectivity index (χ1) is 3.12. The lowest BCUT2D eigenvalue weighted by molar-refractivity contribution is 0.446. The first kappa shape index (κ1) is 7.69. The van der Waals surface area contributed by atoms with E-state index in [4.69, 9.17) is 5.73 Å². The van der Waals surface area contributed by atoms with E-state index in [9.17, 15) is 0 Å². The zero-order chi connectivity index (χ0) is 5.91. The van der Waals surface area contributed by atoms with E-state index < -0.39 is 0 Å². The molecule has 0 aromatic rings. The van der Waals surface area contributed by atoms with Gasteiger partial charge in [0, 0.05) is 4.43 Å². The minimum absolute atomic E-state index is 0.348. The molecular formula is C5H12IN. The Hall–Kier alpha value is 0.690. The van der Waals surface area contributed by atoms with Gasteiger partial charge >= 0.3 is 0 Å². The van der Waals surface area contributed by atoms with Gasteiger partial charge in [0.25, 0.3) is 0 Å². The summed E-state index contributed by atoms with van der Waals surface area (Å²) < 4.78 is 1.14. The van der Waals surface area contributed by atoms with Crippen LogP contribution in [0.3, 0.4) is 0 Å². The van der Waals surface area contributed by atoms with E-state index in [1.165, 1.54) is 0 Å². The monoisotopic (exact) mass is 213 g/mol. The van der Waals surface area contributed by atoms with Crippen molar-refractivity contribution in [1.82, 2.24) is 0 Å². The largest absolute Gasteiger partial charge is 0.330 e. The third-order valence-electron chi connectivity index (χ3n) is 0.914. The maximum absolute atomic E-state index is 5.41. The molecule has 0 aromatic heterocycles. The summed E-state index contributed by atoms with van der Waals surface area (Å²) in [6, 6.07) is 0. The fourth-order valence-corrected chi connectivity index (χ4v) is 0.366. The highest BCUT2D eigenvalue weighted by Gasteiger charge is 2.11. The van der Waals surface area contributed by atoms with Crippen molar-refractivity contribution in [3.63, 3.8) is 0 Å². The van der Waals surface area contributed by atoms with Crippen LogP contribution in [0.5, 0.6) is 0 Å². The Labute approximate surface area is 58.8 Å². The summed E-state index contributed by atoms with van der Waals surface area (Å²) in [6.07, 6.45) is 0. The first-order valence-electron chi connectivity index (χ1n) is 2.38. The Kier molecular flexibility index (Phi) is 3.15. The third-order valence-corrected chi connectivity index (χ3v) is 2.98. The Bertz CT molecular complexity index is 46.0. The molecule has 0 aliphatic carbocycles. The number of nitrogens with two attached hydrogens (primary N) is 1. The van der Waals surface area contributed by atoms with Crippen LogP contribution in [0, 0.1) is 5.41 Å². The predicted octanol–water partition coefficient (Wildman–Crippen LogP) is 1.41. The lowest BCUT2D eigenvalue weighted by Crippen LogP contribution is -2.24. The SMILES string of the molecule is CC(C)(CN)CI. The Morgan fingerprint density at radius 3 is 2.00 bits per heavy atom. The van der Waals surface area contributed by atoms with Gasteiger partial charge in [0.05, 0.1) is 0 Å². The molecule has 0 aliphatic heterocycles. The summed E-state index contributed by atoms with van der Waals surface area (Å²) in [4.78, 5) is 0. The average Bonchev–Trinajstić information content (AvgIpc) is 1.68. The van der Waals surface area contributed by atoms with Gasteiger partial charge in [-0.2, -0.15) is 0 Å². The van der Waals surface area contributed by atoms with Gasteiger partial charge in [-0.3, -0.25) is 0 Å². The van der Waals surface area contributed by atoms with Gasteiger partial charge in [0.15, 0.2) is 0 Å². The topological polar surface area (TPSA) is 26.0 Å². The van der Waals surface area contributed by atoms with Crippen molar-refractivity contribution in [3.05, 3.63) is 0 Å². The molecule has 0 aromatic carbocycles. The maximum Gasteiger partial charge on any atom is 0.00587 e. The maximum atomic E-state index is 5.41. The van der Waals surface area contributed by atoms with Gasteiger partial charge < -0.3 is 5.73 Å². The normalized spacial score (nSPS) is 12.0. The van der Waals surface area contributed by atoms with Crippen LogP contribution in [0.4, 0.5) is 0 Å². The Balaban J connectivity index is 3.36. The summed E-state index contributed by atoms with van der Waals surface area (Å²) in [6.45, 7) is 5.12. The molecule has 0 radical (unpaired) electrons. The molecule has 0 saturated heterocycles. The van der Waals surface area contributed by atoms with Crippen LogP contribution >= 0.6 is 22.6 Å². The number of halogens is 1. The van der Waals surface area contributed by atoms with E-state index >= 15 is 0 Å². The molecule has 0 unspecified atom stereocenters. The van der Waals surface area contributed by atoms with E-state index in [1.807, 2.05) is 0 Å². The van der Waals surface area contributed by atoms with Crippen molar-refractivity contribution >= 4 is 22.6 Å². The number of hydrogen-bond donors (Lipinski definition) is 1. The van der Waals surface area contributed by atoms with Crippen LogP contribution in [0.15, 0.2) is 0 Å². The standard InChI is InChI=1S/C5H12IN/c1-5(2,3-6)4-7/h3-4,7H2,1-2H3. The van der Waals surface area contributed by atoms with E-state index in [1.54, 1.807) is 0 Å². The second-order valence-corrected chi connectivity index (χ2v) is 3.26. The molecule has 2 heteroatoms. The van der Waals surface area contributed by atoms with Crippen LogP contribution in [-0.2, 0) is 0 Å². The smallest absolute Gasteiger partial charge is 0.00587 e. The summed E-state index contributed by atoms with van der Waals surface area (Å²) in [7, 11) is 0. The van der Waals surface area contributed by atoms with Gasteiger partial charge in [0.1, 0.15) is 0 Å². The molecule has 0 atom stereocenters. The van der Waals surface area contributed by atoms with Crippen molar-refractivity contribution in [2.24, 2.45) is 11.1 Å². The van der Waals surface area contributed by atoms with Gasteiger partial charge in [-0.15, -0.1) is 0 Å². The summed E-state index contributed by atoms with van der Waals surface area (Å²) in [5, 5.41) is 0. The Morgan fingerprint density at radius 2 is 2.00 bits per heavy atom. The third kappa shape index (κ3) is 3.29.